The number of thiophene rings is 1. The van der Waals surface area contributed by atoms with Gasteiger partial charge in [0.1, 0.15) is 5.00 Å². The van der Waals surface area contributed by atoms with Crippen LogP contribution in [0.4, 0.5) is 5.00 Å². The van der Waals surface area contributed by atoms with Crippen LogP contribution in [0.1, 0.15) is 56.8 Å². The van der Waals surface area contributed by atoms with Crippen molar-refractivity contribution < 1.29 is 19.1 Å². The van der Waals surface area contributed by atoms with Gasteiger partial charge in [0, 0.05) is 16.4 Å². The molecule has 164 valence electrons. The number of aryl methyl sites for hydroxylation is 1. The number of Topliss-reactive ketones (excluding diaryl/α,β-unsaturated/α-hetero) is 1. The molecule has 2 heterocycles. The summed E-state index contributed by atoms with van der Waals surface area (Å²) in [5.41, 5.74) is 2.33. The van der Waals surface area contributed by atoms with Crippen molar-refractivity contribution in [3.8, 4) is 0 Å². The maximum Gasteiger partial charge on any atom is 0.341 e. The Morgan fingerprint density at radius 1 is 1.10 bits per heavy atom. The van der Waals surface area contributed by atoms with Gasteiger partial charge >= 0.3 is 5.97 Å². The predicted molar refractivity (Wildman–Crippen MR) is 121 cm³/mol. The third kappa shape index (κ3) is 4.88. The number of hydrogen-bond acceptors (Lipinski definition) is 6. The number of carbonyl (C=O) groups is 3. The molecule has 0 spiro atoms. The van der Waals surface area contributed by atoms with Crippen molar-refractivity contribution in [2.24, 2.45) is 5.92 Å². The number of nitrogens with one attached hydrogen (secondary N) is 1. The number of ketones is 1. The topological polar surface area (TPSA) is 75.7 Å². The number of esters is 1. The maximum atomic E-state index is 12.7. The number of hydrogen-bond donors (Lipinski definition) is 1. The molecule has 0 unspecified atom stereocenters. The zero-order valence-electron chi connectivity index (χ0n) is 17.8. The summed E-state index contributed by atoms with van der Waals surface area (Å²) in [5, 5.41) is 3.57. The normalized spacial score (nSPS) is 17.1. The molecule has 31 heavy (non-hydrogen) atoms. The van der Waals surface area contributed by atoms with Crippen LogP contribution in [0.2, 0.25) is 0 Å². The number of fused-ring (bicyclic) bond motifs is 1. The molecular formula is C24H28N2O4S. The van der Waals surface area contributed by atoms with Crippen molar-refractivity contribution >= 4 is 34.0 Å². The Hall–Kier alpha value is -2.51. The number of piperidine rings is 1. The van der Waals surface area contributed by atoms with Crippen LogP contribution in [-0.4, -0.2) is 49.3 Å². The number of nitrogens with zero attached hydrogens (tertiary/aromatic N) is 1. The van der Waals surface area contributed by atoms with E-state index < -0.39 is 0 Å². The van der Waals surface area contributed by atoms with Crippen molar-refractivity contribution in [2.45, 2.75) is 38.5 Å². The minimum atomic E-state index is -0.380. The molecule has 0 saturated carbocycles. The first kappa shape index (κ1) is 21.7. The molecule has 2 aliphatic rings. The lowest BCUT2D eigenvalue weighted by Crippen LogP contribution is -2.40. The Balaban J connectivity index is 1.35. The molecule has 1 aromatic heterocycles. The second-order valence-electron chi connectivity index (χ2n) is 8.24. The monoisotopic (exact) mass is 440 g/mol. The largest absolute Gasteiger partial charge is 0.465 e. The highest BCUT2D eigenvalue weighted by molar-refractivity contribution is 7.17. The fraction of sp³-hybridized carbons (Fsp3) is 0.458. The zero-order valence-corrected chi connectivity index (χ0v) is 18.6. The Kier molecular flexibility index (Phi) is 6.83. The van der Waals surface area contributed by atoms with Crippen molar-refractivity contribution in [1.82, 2.24) is 4.90 Å². The highest BCUT2D eigenvalue weighted by Crippen LogP contribution is 2.38. The van der Waals surface area contributed by atoms with Gasteiger partial charge < -0.3 is 10.1 Å². The van der Waals surface area contributed by atoms with Crippen LogP contribution in [0.3, 0.4) is 0 Å². The van der Waals surface area contributed by atoms with E-state index in [0.717, 1.165) is 49.7 Å². The molecular weight excluding hydrogens is 412 g/mol. The number of methoxy groups -OCH3 is 1. The predicted octanol–water partition coefficient (Wildman–Crippen LogP) is 3.95. The van der Waals surface area contributed by atoms with Crippen molar-refractivity contribution in [1.29, 1.82) is 0 Å². The van der Waals surface area contributed by atoms with E-state index in [4.69, 9.17) is 4.74 Å². The summed E-state index contributed by atoms with van der Waals surface area (Å²) in [7, 11) is 1.38. The number of likely N-dealkylation sites (tertiary alicyclic amines) is 1. The van der Waals surface area contributed by atoms with Crippen LogP contribution in [0.5, 0.6) is 0 Å². The highest BCUT2D eigenvalue weighted by atomic mass is 32.1. The van der Waals surface area contributed by atoms with E-state index in [1.54, 1.807) is 0 Å². The Labute approximate surface area is 186 Å². The Morgan fingerprint density at radius 3 is 2.52 bits per heavy atom. The van der Waals surface area contributed by atoms with E-state index in [-0.39, 0.29) is 30.1 Å². The molecule has 2 aromatic rings. The quantitative estimate of drug-likeness (QED) is 0.544. The average Bonchev–Trinajstić information content (AvgIpc) is 3.16. The van der Waals surface area contributed by atoms with Crippen LogP contribution in [0.15, 0.2) is 30.3 Å². The van der Waals surface area contributed by atoms with Crippen molar-refractivity contribution in [3.63, 3.8) is 0 Å². The lowest BCUT2D eigenvalue weighted by atomic mass is 9.89. The van der Waals surface area contributed by atoms with Gasteiger partial charge in [-0.1, -0.05) is 30.3 Å². The first-order valence-electron chi connectivity index (χ1n) is 10.9. The highest BCUT2D eigenvalue weighted by Gasteiger charge is 2.29. The third-order valence-corrected chi connectivity index (χ3v) is 7.40. The van der Waals surface area contributed by atoms with Crippen LogP contribution >= 0.6 is 11.3 Å². The van der Waals surface area contributed by atoms with Gasteiger partial charge in [0.2, 0.25) is 5.91 Å². The van der Waals surface area contributed by atoms with E-state index in [2.05, 4.69) is 10.2 Å². The van der Waals surface area contributed by atoms with E-state index in [1.807, 2.05) is 30.3 Å². The number of ether oxygens (including phenoxy) is 1. The molecule has 1 saturated heterocycles. The first-order valence-corrected chi connectivity index (χ1v) is 11.7. The molecule has 1 aromatic carbocycles. The van der Waals surface area contributed by atoms with Gasteiger partial charge in [0.15, 0.2) is 5.78 Å². The summed E-state index contributed by atoms with van der Waals surface area (Å²) < 4.78 is 4.98. The van der Waals surface area contributed by atoms with E-state index in [9.17, 15) is 14.4 Å². The fourth-order valence-electron chi connectivity index (χ4n) is 4.53. The second-order valence-corrected chi connectivity index (χ2v) is 9.34. The fourth-order valence-corrected chi connectivity index (χ4v) is 5.83. The molecule has 0 atom stereocenters. The number of benzene rings is 1. The molecule has 4 rings (SSSR count). The Morgan fingerprint density at radius 2 is 1.81 bits per heavy atom. The zero-order chi connectivity index (χ0) is 21.8. The summed E-state index contributed by atoms with van der Waals surface area (Å²) in [5.74, 6) is -0.306. The molecule has 1 aliphatic heterocycles. The van der Waals surface area contributed by atoms with Gasteiger partial charge in [0.05, 0.1) is 19.2 Å². The van der Waals surface area contributed by atoms with Crippen LogP contribution < -0.4 is 5.32 Å². The van der Waals surface area contributed by atoms with Crippen LogP contribution in [-0.2, 0) is 22.4 Å². The van der Waals surface area contributed by atoms with E-state index >= 15 is 0 Å². The molecule has 0 bridgehead atoms. The molecule has 1 amide bonds. The average molecular weight is 441 g/mol. The van der Waals surface area contributed by atoms with E-state index in [1.165, 1.54) is 23.3 Å². The minimum absolute atomic E-state index is 0.0108. The smallest absolute Gasteiger partial charge is 0.341 e. The van der Waals surface area contributed by atoms with Gasteiger partial charge in [-0.3, -0.25) is 14.5 Å². The Bertz CT molecular complexity index is 961. The number of amides is 1. The molecule has 1 aliphatic carbocycles. The van der Waals surface area contributed by atoms with Crippen LogP contribution in [0.25, 0.3) is 0 Å². The van der Waals surface area contributed by atoms with Crippen molar-refractivity contribution in [2.75, 3.05) is 32.1 Å². The molecule has 7 heteroatoms. The summed E-state index contributed by atoms with van der Waals surface area (Å²) in [4.78, 5) is 41.0. The summed E-state index contributed by atoms with van der Waals surface area (Å²) >= 11 is 1.50. The van der Waals surface area contributed by atoms with Crippen molar-refractivity contribution in [3.05, 3.63) is 51.9 Å². The SMILES string of the molecule is COC(=O)c1c(NC(=O)CN2CCC(C(=O)c3ccccc3)CC2)sc2c1CCCC2. The van der Waals surface area contributed by atoms with Crippen LogP contribution in [0, 0.1) is 5.92 Å². The first-order chi connectivity index (χ1) is 15.1. The summed E-state index contributed by atoms with van der Waals surface area (Å²) in [6.07, 6.45) is 5.47. The summed E-state index contributed by atoms with van der Waals surface area (Å²) in [6.45, 7) is 1.68. The molecule has 1 fully saturated rings. The lowest BCUT2D eigenvalue weighted by Gasteiger charge is -2.30. The molecule has 1 N–H and O–H groups in total. The van der Waals surface area contributed by atoms with Gasteiger partial charge in [-0.05, 0) is 57.2 Å². The minimum Gasteiger partial charge on any atom is -0.465 e. The number of rotatable bonds is 6. The van der Waals surface area contributed by atoms with E-state index in [0.29, 0.717) is 23.7 Å². The van der Waals surface area contributed by atoms with Gasteiger partial charge in [-0.15, -0.1) is 11.3 Å². The standard InChI is InChI=1S/C24H28N2O4S/c1-30-24(29)21-18-9-5-6-10-19(18)31-23(21)25-20(27)15-26-13-11-17(12-14-26)22(28)16-7-3-2-4-8-16/h2-4,7-8,17H,5-6,9-15H2,1H3,(H,25,27). The van der Waals surface area contributed by atoms with Gasteiger partial charge in [0.25, 0.3) is 0 Å². The van der Waals surface area contributed by atoms with Gasteiger partial charge in [-0.2, -0.15) is 0 Å². The molecule has 0 radical (unpaired) electrons. The number of anilines is 1. The second kappa shape index (κ2) is 9.75. The number of carbonyl (C=O) groups excluding carboxylic acids is 3. The maximum absolute atomic E-state index is 12.7. The lowest BCUT2D eigenvalue weighted by molar-refractivity contribution is -0.117. The summed E-state index contributed by atoms with van der Waals surface area (Å²) in [6, 6.07) is 9.41. The molecule has 6 nitrogen and oxygen atoms in total. The van der Waals surface area contributed by atoms with Gasteiger partial charge in [-0.25, -0.2) is 4.79 Å². The third-order valence-electron chi connectivity index (χ3n) is 6.20.